The van der Waals surface area contributed by atoms with E-state index in [2.05, 4.69) is 12.2 Å². The van der Waals surface area contributed by atoms with Gasteiger partial charge in [-0.15, -0.1) is 0 Å². The molecular formula is C16H23ClFN. The van der Waals surface area contributed by atoms with Crippen LogP contribution in [0.3, 0.4) is 0 Å². The lowest BCUT2D eigenvalue weighted by Gasteiger charge is -2.30. The molecule has 1 fully saturated rings. The van der Waals surface area contributed by atoms with Crippen molar-refractivity contribution in [3.8, 4) is 0 Å². The first-order chi connectivity index (χ1) is 9.20. The molecule has 1 aliphatic rings. The summed E-state index contributed by atoms with van der Waals surface area (Å²) in [6.07, 6.45) is 7.20. The monoisotopic (exact) mass is 283 g/mol. The molecule has 0 radical (unpaired) electrons. The van der Waals surface area contributed by atoms with E-state index in [1.807, 2.05) is 6.07 Å². The van der Waals surface area contributed by atoms with Crippen molar-refractivity contribution in [2.24, 2.45) is 5.92 Å². The molecule has 3 heteroatoms. The molecule has 19 heavy (non-hydrogen) atoms. The lowest BCUT2D eigenvalue weighted by atomic mass is 9.80. The Morgan fingerprint density at radius 1 is 1.42 bits per heavy atom. The van der Waals surface area contributed by atoms with Gasteiger partial charge in [0.1, 0.15) is 5.82 Å². The number of rotatable bonds is 7. The molecule has 0 aliphatic heterocycles. The first kappa shape index (κ1) is 14.8. The molecular weight excluding hydrogens is 261 g/mol. The van der Waals surface area contributed by atoms with Gasteiger partial charge in [0, 0.05) is 6.04 Å². The second-order valence-electron chi connectivity index (χ2n) is 5.60. The van der Waals surface area contributed by atoms with Gasteiger partial charge in [-0.1, -0.05) is 49.9 Å². The molecule has 2 rings (SSSR count). The number of hydrogen-bond donors (Lipinski definition) is 1. The van der Waals surface area contributed by atoms with Crippen LogP contribution in [0.2, 0.25) is 5.02 Å². The van der Waals surface area contributed by atoms with Crippen molar-refractivity contribution in [2.45, 2.75) is 51.5 Å². The Morgan fingerprint density at radius 2 is 2.21 bits per heavy atom. The van der Waals surface area contributed by atoms with Crippen LogP contribution in [0.5, 0.6) is 0 Å². The van der Waals surface area contributed by atoms with Crippen molar-refractivity contribution in [3.05, 3.63) is 34.6 Å². The molecule has 1 N–H and O–H groups in total. The van der Waals surface area contributed by atoms with Gasteiger partial charge in [0.25, 0.3) is 0 Å². The average molecular weight is 284 g/mol. The molecule has 1 nitrogen and oxygen atoms in total. The van der Waals surface area contributed by atoms with Crippen LogP contribution in [0.1, 0.15) is 44.6 Å². The fourth-order valence-corrected chi connectivity index (χ4v) is 2.89. The van der Waals surface area contributed by atoms with Crippen molar-refractivity contribution in [1.82, 2.24) is 5.32 Å². The quantitative estimate of drug-likeness (QED) is 0.772. The van der Waals surface area contributed by atoms with E-state index < -0.39 is 0 Å². The summed E-state index contributed by atoms with van der Waals surface area (Å²) in [4.78, 5) is 0. The zero-order valence-electron chi connectivity index (χ0n) is 11.6. The molecule has 0 amide bonds. The van der Waals surface area contributed by atoms with Gasteiger partial charge in [0.15, 0.2) is 0 Å². The molecule has 0 aromatic heterocycles. The normalized spacial score (nSPS) is 17.2. The lowest BCUT2D eigenvalue weighted by Crippen LogP contribution is -2.35. The Kier molecular flexibility index (Phi) is 5.65. The maximum absolute atomic E-state index is 13.5. The van der Waals surface area contributed by atoms with Crippen LogP contribution in [-0.2, 0) is 6.42 Å². The minimum atomic E-state index is -0.308. The third-order valence-corrected chi connectivity index (χ3v) is 4.45. The Labute approximate surface area is 120 Å². The Hall–Kier alpha value is -0.600. The van der Waals surface area contributed by atoms with E-state index in [1.54, 1.807) is 6.07 Å². The third-order valence-electron chi connectivity index (χ3n) is 4.02. The highest BCUT2D eigenvalue weighted by Crippen LogP contribution is 2.32. The average Bonchev–Trinajstić information content (AvgIpc) is 2.35. The number of halogens is 2. The summed E-state index contributed by atoms with van der Waals surface area (Å²) in [5.41, 5.74) is 0.926. The summed E-state index contributed by atoms with van der Waals surface area (Å²) >= 11 is 6.05. The van der Waals surface area contributed by atoms with E-state index in [9.17, 15) is 4.39 Å². The number of benzene rings is 1. The first-order valence-electron chi connectivity index (χ1n) is 7.37. The predicted molar refractivity (Wildman–Crippen MR) is 79.2 cm³/mol. The van der Waals surface area contributed by atoms with Crippen LogP contribution in [0.4, 0.5) is 4.39 Å². The largest absolute Gasteiger partial charge is 0.314 e. The molecule has 0 heterocycles. The minimum Gasteiger partial charge on any atom is -0.314 e. The molecule has 1 saturated carbocycles. The summed E-state index contributed by atoms with van der Waals surface area (Å²) in [7, 11) is 0. The summed E-state index contributed by atoms with van der Waals surface area (Å²) in [6.45, 7) is 3.19. The summed E-state index contributed by atoms with van der Waals surface area (Å²) in [6, 6.07) is 5.53. The zero-order chi connectivity index (χ0) is 13.7. The van der Waals surface area contributed by atoms with Crippen LogP contribution in [-0.4, -0.2) is 12.6 Å². The van der Waals surface area contributed by atoms with Crippen LogP contribution < -0.4 is 5.32 Å². The van der Waals surface area contributed by atoms with E-state index in [0.29, 0.717) is 11.1 Å². The molecule has 1 unspecified atom stereocenters. The van der Waals surface area contributed by atoms with Gasteiger partial charge in [-0.3, -0.25) is 0 Å². The second kappa shape index (κ2) is 7.25. The highest BCUT2D eigenvalue weighted by molar-refractivity contribution is 6.31. The van der Waals surface area contributed by atoms with Crippen LogP contribution >= 0.6 is 11.6 Å². The van der Waals surface area contributed by atoms with Crippen molar-refractivity contribution >= 4 is 11.6 Å². The molecule has 1 aromatic rings. The molecule has 0 bridgehead atoms. The molecule has 1 aromatic carbocycles. The van der Waals surface area contributed by atoms with Gasteiger partial charge in [-0.2, -0.15) is 0 Å². The molecule has 1 aliphatic carbocycles. The number of hydrogen-bond acceptors (Lipinski definition) is 1. The predicted octanol–water partition coefficient (Wildman–Crippen LogP) is 4.58. The van der Waals surface area contributed by atoms with Crippen molar-refractivity contribution in [2.75, 3.05) is 6.54 Å². The van der Waals surface area contributed by atoms with Crippen molar-refractivity contribution in [1.29, 1.82) is 0 Å². The standard InChI is InChI=1S/C16H23ClFN/c1-2-9-19-14(10-12-5-3-6-12)11-13-7-4-8-15(18)16(13)17/h4,7-8,12,14,19H,2-3,5-6,9-11H2,1H3. The second-order valence-corrected chi connectivity index (χ2v) is 5.98. The first-order valence-corrected chi connectivity index (χ1v) is 7.74. The fourth-order valence-electron chi connectivity index (χ4n) is 2.69. The summed E-state index contributed by atoms with van der Waals surface area (Å²) in [5, 5.41) is 3.87. The Balaban J connectivity index is 1.98. The van der Waals surface area contributed by atoms with Gasteiger partial charge in [0.2, 0.25) is 0 Å². The smallest absolute Gasteiger partial charge is 0.142 e. The summed E-state index contributed by atoms with van der Waals surface area (Å²) in [5.74, 6) is 0.541. The maximum atomic E-state index is 13.5. The SMILES string of the molecule is CCCNC(Cc1cccc(F)c1Cl)CC1CCC1. The fraction of sp³-hybridized carbons (Fsp3) is 0.625. The van der Waals surface area contributed by atoms with Gasteiger partial charge < -0.3 is 5.32 Å². The van der Waals surface area contributed by atoms with Gasteiger partial charge in [0.05, 0.1) is 5.02 Å². The van der Waals surface area contributed by atoms with E-state index in [0.717, 1.165) is 30.9 Å². The Morgan fingerprint density at radius 3 is 2.84 bits per heavy atom. The van der Waals surface area contributed by atoms with Crippen LogP contribution in [0.15, 0.2) is 18.2 Å². The molecule has 1 atom stereocenters. The lowest BCUT2D eigenvalue weighted by molar-refractivity contribution is 0.259. The van der Waals surface area contributed by atoms with Gasteiger partial charge >= 0.3 is 0 Å². The molecule has 106 valence electrons. The molecule has 0 saturated heterocycles. The van der Waals surface area contributed by atoms with Crippen LogP contribution in [0, 0.1) is 11.7 Å². The summed E-state index contributed by atoms with van der Waals surface area (Å²) < 4.78 is 13.5. The van der Waals surface area contributed by atoms with E-state index in [4.69, 9.17) is 11.6 Å². The molecule has 0 spiro atoms. The minimum absolute atomic E-state index is 0.291. The van der Waals surface area contributed by atoms with Gasteiger partial charge in [-0.25, -0.2) is 4.39 Å². The van der Waals surface area contributed by atoms with Crippen molar-refractivity contribution < 1.29 is 4.39 Å². The van der Waals surface area contributed by atoms with Crippen molar-refractivity contribution in [3.63, 3.8) is 0 Å². The van der Waals surface area contributed by atoms with E-state index in [1.165, 1.54) is 31.7 Å². The third kappa shape index (κ3) is 4.19. The highest BCUT2D eigenvalue weighted by Gasteiger charge is 2.22. The maximum Gasteiger partial charge on any atom is 0.142 e. The highest BCUT2D eigenvalue weighted by atomic mass is 35.5. The van der Waals surface area contributed by atoms with Crippen LogP contribution in [0.25, 0.3) is 0 Å². The zero-order valence-corrected chi connectivity index (χ0v) is 12.3. The van der Waals surface area contributed by atoms with E-state index in [-0.39, 0.29) is 5.82 Å². The number of nitrogens with one attached hydrogen (secondary N) is 1. The Bertz CT molecular complexity index is 404. The van der Waals surface area contributed by atoms with E-state index >= 15 is 0 Å². The topological polar surface area (TPSA) is 12.0 Å². The van der Waals surface area contributed by atoms with Gasteiger partial charge in [-0.05, 0) is 43.4 Å².